The minimum Gasteiger partial charge on any atom is -0.550 e. The number of hydrogen-bond acceptors (Lipinski definition) is 14. The second-order valence-corrected chi connectivity index (χ2v) is 13.3. The average Bonchev–Trinajstić information content (AvgIpc) is 3.04. The number of esters is 1. The molecule has 0 bridgehead atoms. The number of carboxylic acids is 1. The minimum atomic E-state index is -4.93. The molecule has 0 aromatic carbocycles. The molecule has 0 aromatic heterocycles. The van der Waals surface area contributed by atoms with Crippen LogP contribution in [0, 0.1) is 5.92 Å². The van der Waals surface area contributed by atoms with Crippen LogP contribution in [-0.4, -0.2) is 142 Å². The average molecular weight is 732 g/mol. The molecule has 0 fully saturated rings. The molecule has 49 heavy (non-hydrogen) atoms. The van der Waals surface area contributed by atoms with Crippen LogP contribution in [0.3, 0.4) is 0 Å². The van der Waals surface area contributed by atoms with E-state index in [9.17, 15) is 23.1 Å². The number of carbonyl (C=O) groups is 2. The summed E-state index contributed by atoms with van der Waals surface area (Å²) in [5.41, 5.74) is 0. The van der Waals surface area contributed by atoms with Gasteiger partial charge in [-0.3, -0.25) is 9.35 Å². The number of ether oxygens (including phenoxy) is 9. The highest BCUT2D eigenvalue weighted by atomic mass is 32.2. The summed E-state index contributed by atoms with van der Waals surface area (Å²) in [6.07, 6.45) is 10.6. The van der Waals surface area contributed by atoms with E-state index in [-0.39, 0.29) is 26.4 Å². The van der Waals surface area contributed by atoms with Crippen LogP contribution in [-0.2, 0) is 62.3 Å². The normalized spacial score (nSPS) is 12.5. The Morgan fingerprint density at radius 2 is 0.816 bits per heavy atom. The maximum atomic E-state index is 11.6. The third kappa shape index (κ3) is 36.1. The van der Waals surface area contributed by atoms with Crippen molar-refractivity contribution in [2.75, 3.05) is 112 Å². The standard InChI is InChI=1S/C33H64O15S/c1-30(2)11-9-7-5-3-4-6-8-10-12-40-13-14-41-15-16-42-17-18-43-19-20-44-21-22-45-23-24-46-25-26-47-27-28-48-33(36)31(29-32(34)35)49(37,38)39/h30-31H,3-29H2,1-2H3,(H,34,35)(H,37,38,39)/p-1. The lowest BCUT2D eigenvalue weighted by Gasteiger charge is -2.13. The van der Waals surface area contributed by atoms with Gasteiger partial charge >= 0.3 is 5.97 Å². The molecule has 292 valence electrons. The number of hydrogen-bond donors (Lipinski definition) is 1. The Morgan fingerprint density at radius 3 is 1.14 bits per heavy atom. The molecule has 16 heteroatoms. The molecule has 0 saturated heterocycles. The largest absolute Gasteiger partial charge is 0.550 e. The van der Waals surface area contributed by atoms with Crippen LogP contribution in [0.4, 0.5) is 0 Å². The lowest BCUT2D eigenvalue weighted by Crippen LogP contribution is -2.38. The quantitative estimate of drug-likeness (QED) is 0.0549. The molecule has 1 N–H and O–H groups in total. The maximum absolute atomic E-state index is 11.6. The van der Waals surface area contributed by atoms with E-state index in [1.54, 1.807) is 0 Å². The summed E-state index contributed by atoms with van der Waals surface area (Å²) in [5.74, 6) is -2.38. The summed E-state index contributed by atoms with van der Waals surface area (Å²) < 4.78 is 79.1. The molecule has 15 nitrogen and oxygen atoms in total. The molecule has 0 aliphatic rings. The summed E-state index contributed by atoms with van der Waals surface area (Å²) in [4.78, 5) is 22.2. The molecule has 0 spiro atoms. The fraction of sp³-hybridized carbons (Fsp3) is 0.939. The van der Waals surface area contributed by atoms with Crippen molar-refractivity contribution in [3.8, 4) is 0 Å². The minimum absolute atomic E-state index is 0.0757. The van der Waals surface area contributed by atoms with Crippen LogP contribution in [0.1, 0.15) is 78.1 Å². The lowest BCUT2D eigenvalue weighted by atomic mass is 10.0. The third-order valence-corrected chi connectivity index (χ3v) is 7.95. The monoisotopic (exact) mass is 731 g/mol. The summed E-state index contributed by atoms with van der Waals surface area (Å²) in [6, 6.07) is 0. The molecule has 0 aliphatic carbocycles. The van der Waals surface area contributed by atoms with E-state index < -0.39 is 33.7 Å². The van der Waals surface area contributed by atoms with Crippen molar-refractivity contribution >= 4 is 22.1 Å². The van der Waals surface area contributed by atoms with E-state index in [0.717, 1.165) is 18.9 Å². The first kappa shape index (κ1) is 47.5. The summed E-state index contributed by atoms with van der Waals surface area (Å²) in [5, 5.41) is 8.29. The lowest BCUT2D eigenvalue weighted by molar-refractivity contribution is -0.305. The Bertz CT molecular complexity index is 857. The van der Waals surface area contributed by atoms with Crippen molar-refractivity contribution in [3.63, 3.8) is 0 Å². The Hall–Kier alpha value is -1.47. The highest BCUT2D eigenvalue weighted by molar-refractivity contribution is 7.87. The van der Waals surface area contributed by atoms with Crippen LogP contribution in [0.2, 0.25) is 0 Å². The first-order chi connectivity index (χ1) is 23.6. The van der Waals surface area contributed by atoms with Gasteiger partial charge in [0.05, 0.1) is 99.1 Å². The number of unbranched alkanes of at least 4 members (excludes halogenated alkanes) is 7. The van der Waals surface area contributed by atoms with Crippen LogP contribution in [0.25, 0.3) is 0 Å². The van der Waals surface area contributed by atoms with Gasteiger partial charge in [0, 0.05) is 19.0 Å². The van der Waals surface area contributed by atoms with Gasteiger partial charge in [0.25, 0.3) is 10.1 Å². The van der Waals surface area contributed by atoms with Crippen LogP contribution >= 0.6 is 0 Å². The van der Waals surface area contributed by atoms with E-state index in [0.29, 0.717) is 79.3 Å². The molecule has 0 aliphatic heterocycles. The molecule has 0 radical (unpaired) electrons. The smallest absolute Gasteiger partial charge is 0.327 e. The van der Waals surface area contributed by atoms with Gasteiger partial charge in [0.15, 0.2) is 5.25 Å². The number of carboxylic acid groups (broad SMARTS) is 1. The molecule has 0 rings (SSSR count). The number of carbonyl (C=O) groups excluding carboxylic acids is 2. The Morgan fingerprint density at radius 1 is 0.510 bits per heavy atom. The molecular formula is C33H63O15S-. The topological polar surface area (TPSA) is 195 Å². The number of aliphatic carboxylic acids is 1. The van der Waals surface area contributed by atoms with E-state index in [4.69, 9.17) is 42.4 Å². The van der Waals surface area contributed by atoms with Gasteiger partial charge in [-0.15, -0.1) is 0 Å². The van der Waals surface area contributed by atoms with Crippen molar-refractivity contribution in [3.05, 3.63) is 0 Å². The second kappa shape index (κ2) is 35.0. The summed E-state index contributed by atoms with van der Waals surface area (Å²) in [7, 11) is -4.93. The summed E-state index contributed by atoms with van der Waals surface area (Å²) in [6.45, 7) is 11.0. The first-order valence-corrected chi connectivity index (χ1v) is 19.1. The van der Waals surface area contributed by atoms with Gasteiger partial charge in [-0.1, -0.05) is 65.2 Å². The highest BCUT2D eigenvalue weighted by Crippen LogP contribution is 2.12. The van der Waals surface area contributed by atoms with E-state index >= 15 is 0 Å². The van der Waals surface area contributed by atoms with Gasteiger partial charge in [-0.2, -0.15) is 8.42 Å². The zero-order chi connectivity index (χ0) is 36.3. The molecule has 0 saturated carbocycles. The fourth-order valence-corrected chi connectivity index (χ4v) is 4.87. The Balaban J connectivity index is 3.23. The Labute approximate surface area is 293 Å². The maximum Gasteiger partial charge on any atom is 0.327 e. The van der Waals surface area contributed by atoms with Crippen molar-refractivity contribution < 1.29 is 70.3 Å². The molecule has 1 atom stereocenters. The zero-order valence-electron chi connectivity index (χ0n) is 29.8. The van der Waals surface area contributed by atoms with Gasteiger partial charge in [0.2, 0.25) is 0 Å². The third-order valence-electron chi connectivity index (χ3n) is 6.87. The van der Waals surface area contributed by atoms with Gasteiger partial charge in [-0.05, 0) is 12.3 Å². The van der Waals surface area contributed by atoms with Crippen LogP contribution in [0.15, 0.2) is 0 Å². The van der Waals surface area contributed by atoms with E-state index in [1.807, 2.05) is 0 Å². The van der Waals surface area contributed by atoms with Crippen molar-refractivity contribution in [2.45, 2.75) is 83.3 Å². The van der Waals surface area contributed by atoms with Crippen LogP contribution < -0.4 is 5.11 Å². The van der Waals surface area contributed by atoms with E-state index in [2.05, 4.69) is 18.6 Å². The van der Waals surface area contributed by atoms with Gasteiger partial charge < -0.3 is 52.5 Å². The molecular weight excluding hydrogens is 668 g/mol. The first-order valence-electron chi connectivity index (χ1n) is 17.6. The van der Waals surface area contributed by atoms with Gasteiger partial charge in [-0.25, -0.2) is 0 Å². The Kier molecular flexibility index (Phi) is 33.9. The molecule has 0 aromatic rings. The van der Waals surface area contributed by atoms with Crippen molar-refractivity contribution in [2.24, 2.45) is 5.92 Å². The SMILES string of the molecule is CC(C)CCCCCCCCCCOCCOCCOCCOCCOCCOCCOCCOCCOC(=O)C(CC(=O)[O-])S(=O)(=O)O. The molecule has 0 amide bonds. The highest BCUT2D eigenvalue weighted by Gasteiger charge is 2.32. The second-order valence-electron chi connectivity index (χ2n) is 11.7. The predicted octanol–water partition coefficient (Wildman–Crippen LogP) is 2.23. The summed E-state index contributed by atoms with van der Waals surface area (Å²) >= 11 is 0. The van der Waals surface area contributed by atoms with Gasteiger partial charge in [0.1, 0.15) is 6.61 Å². The van der Waals surface area contributed by atoms with Crippen molar-refractivity contribution in [1.29, 1.82) is 0 Å². The van der Waals surface area contributed by atoms with Crippen LogP contribution in [0.5, 0.6) is 0 Å². The predicted molar refractivity (Wildman–Crippen MR) is 179 cm³/mol. The van der Waals surface area contributed by atoms with Crippen molar-refractivity contribution in [1.82, 2.24) is 0 Å². The van der Waals surface area contributed by atoms with E-state index in [1.165, 1.54) is 51.4 Å². The molecule has 0 heterocycles. The number of rotatable bonds is 39. The molecule has 1 unspecified atom stereocenters. The fourth-order valence-electron chi connectivity index (χ4n) is 4.21. The zero-order valence-corrected chi connectivity index (χ0v) is 30.6.